The van der Waals surface area contributed by atoms with E-state index < -0.39 is 11.6 Å². The van der Waals surface area contributed by atoms with Gasteiger partial charge in [0.25, 0.3) is 5.56 Å². The molecule has 1 N–H and O–H groups in total. The number of carbonyl (C=O) groups is 1. The molecule has 2 aliphatic heterocycles. The fourth-order valence-electron chi connectivity index (χ4n) is 5.54. The van der Waals surface area contributed by atoms with Crippen LogP contribution >= 0.6 is 0 Å². The molecule has 0 spiro atoms. The minimum Gasteiger partial charge on any atom is -0.460 e. The second-order valence-electron chi connectivity index (χ2n) is 9.94. The Bertz CT molecular complexity index is 1700. The summed E-state index contributed by atoms with van der Waals surface area (Å²) in [6, 6.07) is 15.8. The molecule has 0 unspecified atom stereocenters. The molecular weight excluding hydrogens is 466 g/mol. The van der Waals surface area contributed by atoms with Crippen molar-refractivity contribution < 1.29 is 14.6 Å². The second kappa shape index (κ2) is 8.49. The Morgan fingerprint density at radius 2 is 1.95 bits per heavy atom. The molecule has 37 heavy (non-hydrogen) atoms. The minimum atomic E-state index is -1.45. The number of benzene rings is 2. The highest BCUT2D eigenvalue weighted by atomic mass is 16.5. The Balaban J connectivity index is 1.52. The summed E-state index contributed by atoms with van der Waals surface area (Å²) in [5, 5.41) is 12.3. The van der Waals surface area contributed by atoms with E-state index in [1.807, 2.05) is 49.5 Å². The number of aliphatic hydroxyl groups is 1. The van der Waals surface area contributed by atoms with Crippen molar-refractivity contribution in [3.8, 4) is 11.4 Å². The summed E-state index contributed by atoms with van der Waals surface area (Å²) < 4.78 is 6.95. The molecule has 0 bridgehead atoms. The number of aromatic nitrogens is 2. The topological polar surface area (TPSA) is 93.8 Å². The molecule has 1 atom stereocenters. The maximum Gasteiger partial charge on any atom is 0.309 e. The molecule has 2 aliphatic rings. The summed E-state index contributed by atoms with van der Waals surface area (Å²) in [6.07, 6.45) is 1.97. The summed E-state index contributed by atoms with van der Waals surface area (Å²) in [5.41, 5.74) is 6.23. The van der Waals surface area contributed by atoms with E-state index in [1.165, 1.54) is 5.56 Å². The van der Waals surface area contributed by atoms with E-state index >= 15 is 0 Å². The van der Waals surface area contributed by atoms with Crippen molar-refractivity contribution in [2.24, 2.45) is 4.99 Å². The molecule has 0 amide bonds. The minimum absolute atomic E-state index is 0.141. The largest absolute Gasteiger partial charge is 0.460 e. The molecule has 0 saturated carbocycles. The standard InChI is InChI=1S/C30H27N3O4/c1-4-30(36)13-26(34)37-16-21-22(30)12-25-28-20(15-33(25)29(21)35)18(3)27-23(9-6-10-24(27)32-28)31-14-19-8-5-7-17(2)11-19/h5-12,14,36H,4,13,15-16H2,1-3H3/t30-/m0/s1. The lowest BCUT2D eigenvalue weighted by atomic mass is 9.85. The molecular formula is C30H27N3O4. The Morgan fingerprint density at radius 3 is 2.73 bits per heavy atom. The van der Waals surface area contributed by atoms with Crippen molar-refractivity contribution >= 4 is 28.8 Å². The van der Waals surface area contributed by atoms with Crippen LogP contribution in [0.2, 0.25) is 0 Å². The predicted molar refractivity (Wildman–Crippen MR) is 142 cm³/mol. The van der Waals surface area contributed by atoms with Gasteiger partial charge in [0, 0.05) is 17.2 Å². The van der Waals surface area contributed by atoms with Crippen LogP contribution in [-0.4, -0.2) is 26.8 Å². The Hall–Kier alpha value is -4.10. The molecule has 2 aromatic heterocycles. The van der Waals surface area contributed by atoms with Gasteiger partial charge in [0.2, 0.25) is 0 Å². The average Bonchev–Trinajstić information content (AvgIpc) is 3.19. The van der Waals surface area contributed by atoms with Crippen LogP contribution in [0.15, 0.2) is 58.3 Å². The molecule has 0 fully saturated rings. The van der Waals surface area contributed by atoms with Crippen LogP contribution in [-0.2, 0) is 28.3 Å². The first-order valence-electron chi connectivity index (χ1n) is 12.5. The first kappa shape index (κ1) is 23.3. The van der Waals surface area contributed by atoms with Gasteiger partial charge in [0.1, 0.15) is 12.2 Å². The van der Waals surface area contributed by atoms with Crippen molar-refractivity contribution in [1.82, 2.24) is 9.55 Å². The number of hydrogen-bond acceptors (Lipinski definition) is 6. The maximum absolute atomic E-state index is 13.6. The fourth-order valence-corrected chi connectivity index (χ4v) is 5.54. The van der Waals surface area contributed by atoms with Crippen LogP contribution in [0.3, 0.4) is 0 Å². The summed E-state index contributed by atoms with van der Waals surface area (Å²) in [4.78, 5) is 35.5. The number of nitrogens with zero attached hydrogens (tertiary/aromatic N) is 3. The van der Waals surface area contributed by atoms with Gasteiger partial charge in [0.05, 0.1) is 41.1 Å². The van der Waals surface area contributed by atoms with Gasteiger partial charge in [-0.2, -0.15) is 0 Å². The second-order valence-corrected chi connectivity index (χ2v) is 9.94. The van der Waals surface area contributed by atoms with E-state index in [2.05, 4.69) is 19.1 Å². The van der Waals surface area contributed by atoms with Crippen LogP contribution < -0.4 is 5.56 Å². The summed E-state index contributed by atoms with van der Waals surface area (Å²) in [5.74, 6) is -0.510. The molecule has 2 aromatic carbocycles. The van der Waals surface area contributed by atoms with Gasteiger partial charge in [-0.1, -0.05) is 42.8 Å². The number of pyridine rings is 2. The number of aliphatic imine (C=N–C) groups is 1. The van der Waals surface area contributed by atoms with Gasteiger partial charge in [-0.05, 0) is 55.2 Å². The van der Waals surface area contributed by atoms with Crippen molar-refractivity contribution in [2.45, 2.75) is 52.4 Å². The van der Waals surface area contributed by atoms with E-state index in [9.17, 15) is 14.7 Å². The van der Waals surface area contributed by atoms with Crippen LogP contribution in [0.1, 0.15) is 53.1 Å². The summed E-state index contributed by atoms with van der Waals surface area (Å²) in [6.45, 7) is 6.12. The Labute approximate surface area is 214 Å². The van der Waals surface area contributed by atoms with E-state index in [0.717, 1.165) is 39.0 Å². The molecule has 0 saturated heterocycles. The molecule has 4 aromatic rings. The van der Waals surface area contributed by atoms with Crippen LogP contribution in [0.5, 0.6) is 0 Å². The lowest BCUT2D eigenvalue weighted by Crippen LogP contribution is -2.32. The number of aryl methyl sites for hydroxylation is 2. The van der Waals surface area contributed by atoms with E-state index in [0.29, 0.717) is 23.4 Å². The third-order valence-electron chi connectivity index (χ3n) is 7.62. The average molecular weight is 494 g/mol. The lowest BCUT2D eigenvalue weighted by molar-refractivity contribution is -0.149. The quantitative estimate of drug-likeness (QED) is 0.287. The predicted octanol–water partition coefficient (Wildman–Crippen LogP) is 4.84. The van der Waals surface area contributed by atoms with Gasteiger partial charge in [-0.25, -0.2) is 4.98 Å². The van der Waals surface area contributed by atoms with Crippen molar-refractivity contribution in [1.29, 1.82) is 0 Å². The van der Waals surface area contributed by atoms with Gasteiger partial charge >= 0.3 is 5.97 Å². The third kappa shape index (κ3) is 3.69. The van der Waals surface area contributed by atoms with Crippen LogP contribution in [0.4, 0.5) is 5.69 Å². The molecule has 186 valence electrons. The summed E-state index contributed by atoms with van der Waals surface area (Å²) >= 11 is 0. The van der Waals surface area contributed by atoms with Crippen molar-refractivity contribution in [3.05, 3.63) is 92.3 Å². The molecule has 7 heteroatoms. The number of hydrogen-bond donors (Lipinski definition) is 1. The monoisotopic (exact) mass is 493 g/mol. The van der Waals surface area contributed by atoms with Crippen LogP contribution in [0.25, 0.3) is 22.3 Å². The number of cyclic esters (lactones) is 1. The zero-order valence-corrected chi connectivity index (χ0v) is 21.0. The number of carbonyl (C=O) groups excluding carboxylic acids is 1. The molecule has 0 aliphatic carbocycles. The zero-order valence-electron chi connectivity index (χ0n) is 21.0. The normalized spacial score (nSPS) is 18.4. The highest BCUT2D eigenvalue weighted by molar-refractivity contribution is 5.98. The maximum atomic E-state index is 13.6. The smallest absolute Gasteiger partial charge is 0.309 e. The lowest BCUT2D eigenvalue weighted by Gasteiger charge is -2.26. The van der Waals surface area contributed by atoms with Gasteiger partial charge in [-0.3, -0.25) is 14.6 Å². The Morgan fingerprint density at radius 1 is 1.14 bits per heavy atom. The molecule has 0 radical (unpaired) electrons. The van der Waals surface area contributed by atoms with Crippen molar-refractivity contribution in [2.75, 3.05) is 0 Å². The number of fused-ring (bicyclic) bond motifs is 5. The third-order valence-corrected chi connectivity index (χ3v) is 7.62. The zero-order chi connectivity index (χ0) is 25.9. The first-order chi connectivity index (χ1) is 17.8. The number of rotatable bonds is 3. The number of esters is 1. The van der Waals surface area contributed by atoms with Gasteiger partial charge in [-0.15, -0.1) is 0 Å². The Kier molecular flexibility index (Phi) is 5.35. The first-order valence-corrected chi connectivity index (χ1v) is 12.5. The van der Waals surface area contributed by atoms with Crippen molar-refractivity contribution in [3.63, 3.8) is 0 Å². The highest BCUT2D eigenvalue weighted by Crippen LogP contribution is 2.41. The molecule has 7 nitrogen and oxygen atoms in total. The van der Waals surface area contributed by atoms with Crippen LogP contribution in [0, 0.1) is 13.8 Å². The van der Waals surface area contributed by atoms with Gasteiger partial charge in [0.15, 0.2) is 0 Å². The van der Waals surface area contributed by atoms with E-state index in [-0.39, 0.29) is 25.0 Å². The fraction of sp³-hybridized carbons (Fsp3) is 0.267. The summed E-state index contributed by atoms with van der Waals surface area (Å²) in [7, 11) is 0. The molecule has 4 heterocycles. The van der Waals surface area contributed by atoms with Gasteiger partial charge < -0.3 is 14.4 Å². The molecule has 6 rings (SSSR count). The van der Waals surface area contributed by atoms with E-state index in [4.69, 9.17) is 14.7 Å². The van der Waals surface area contributed by atoms with E-state index in [1.54, 1.807) is 11.5 Å². The highest BCUT2D eigenvalue weighted by Gasteiger charge is 2.39. The SMILES string of the molecule is CC[C@]1(O)CC(=O)OCc2c1cc1n(c2=O)Cc2c-1nc1cccc(N=Cc3cccc(C)c3)c1c2C. The number of ether oxygens (including phenoxy) is 1.